The maximum absolute atomic E-state index is 12.2. The van der Waals surface area contributed by atoms with Gasteiger partial charge in [-0.1, -0.05) is 17.7 Å². The number of fused-ring (bicyclic) bond motifs is 1. The van der Waals surface area contributed by atoms with Crippen LogP contribution >= 0.6 is 11.6 Å². The lowest BCUT2D eigenvalue weighted by Crippen LogP contribution is -2.54. The molecule has 0 unspecified atom stereocenters. The summed E-state index contributed by atoms with van der Waals surface area (Å²) in [5.74, 6) is 0.752. The van der Waals surface area contributed by atoms with E-state index in [0.717, 1.165) is 17.0 Å². The molecule has 1 aromatic carbocycles. The Labute approximate surface area is 218 Å². The number of piperazine rings is 1. The highest BCUT2D eigenvalue weighted by molar-refractivity contribution is 6.32. The Balaban J connectivity index is 1.33. The zero-order valence-corrected chi connectivity index (χ0v) is 21.0. The van der Waals surface area contributed by atoms with Gasteiger partial charge in [0, 0.05) is 44.1 Å². The fraction of sp³-hybridized carbons (Fsp3) is 0.280. The molecule has 1 aliphatic rings. The Morgan fingerprint density at radius 1 is 1.19 bits per heavy atom. The van der Waals surface area contributed by atoms with Crippen molar-refractivity contribution in [3.05, 3.63) is 60.0 Å². The van der Waals surface area contributed by atoms with Crippen molar-refractivity contribution in [3.63, 3.8) is 0 Å². The quantitative estimate of drug-likeness (QED) is 0.334. The van der Waals surface area contributed by atoms with Crippen molar-refractivity contribution in [2.24, 2.45) is 5.73 Å². The van der Waals surface area contributed by atoms with Gasteiger partial charge in [-0.3, -0.25) is 9.20 Å². The summed E-state index contributed by atoms with van der Waals surface area (Å²) in [5, 5.41) is 12.8. The average Bonchev–Trinajstić information content (AvgIpc) is 3.37. The fourth-order valence-electron chi connectivity index (χ4n) is 4.31. The van der Waals surface area contributed by atoms with E-state index >= 15 is 0 Å². The molecular weight excluding hydrogens is 496 g/mol. The third kappa shape index (κ3) is 5.01. The Morgan fingerprint density at radius 3 is 2.76 bits per heavy atom. The summed E-state index contributed by atoms with van der Waals surface area (Å²) in [7, 11) is 1.60. The van der Waals surface area contributed by atoms with Gasteiger partial charge in [-0.2, -0.15) is 0 Å². The molecule has 12 heteroatoms. The molecule has 1 fully saturated rings. The molecule has 0 radical (unpaired) electrons. The highest BCUT2D eigenvalue weighted by Gasteiger charge is 2.25. The number of nitrogens with zero attached hydrogens (tertiary/aromatic N) is 6. The number of amides is 1. The van der Waals surface area contributed by atoms with Crippen molar-refractivity contribution in [1.82, 2.24) is 24.3 Å². The first kappa shape index (κ1) is 24.8. The van der Waals surface area contributed by atoms with Gasteiger partial charge in [-0.25, -0.2) is 15.0 Å². The molecule has 1 aliphatic heterocycles. The molecule has 5 rings (SSSR count). The molecule has 3 aromatic heterocycles. The summed E-state index contributed by atoms with van der Waals surface area (Å²) in [6.07, 6.45) is 5.19. The molecule has 4 heterocycles. The lowest BCUT2D eigenvalue weighted by atomic mass is 10.2. The number of hydrogen-bond donors (Lipinski definition) is 3. The van der Waals surface area contributed by atoms with E-state index in [1.807, 2.05) is 47.0 Å². The Bertz CT molecular complexity index is 1420. The zero-order valence-electron chi connectivity index (χ0n) is 20.2. The van der Waals surface area contributed by atoms with Crippen LogP contribution in [-0.2, 0) is 4.79 Å². The molecule has 1 atom stereocenters. The number of aliphatic hydroxyl groups excluding tert-OH is 1. The minimum Gasteiger partial charge on any atom is -0.494 e. The molecule has 37 heavy (non-hydrogen) atoms. The van der Waals surface area contributed by atoms with Crippen LogP contribution in [0.15, 0.2) is 55.0 Å². The topological polar surface area (TPSA) is 134 Å². The van der Waals surface area contributed by atoms with Gasteiger partial charge in [0.25, 0.3) is 0 Å². The summed E-state index contributed by atoms with van der Waals surface area (Å²) in [5.41, 5.74) is 9.44. The number of carbonyl (C=O) groups is 1. The van der Waals surface area contributed by atoms with Crippen molar-refractivity contribution < 1.29 is 14.6 Å². The van der Waals surface area contributed by atoms with Gasteiger partial charge in [0.05, 0.1) is 42.5 Å². The van der Waals surface area contributed by atoms with Crippen LogP contribution in [0.25, 0.3) is 17.0 Å². The average molecular weight is 523 g/mol. The minimum absolute atomic E-state index is 0.231. The van der Waals surface area contributed by atoms with Crippen LogP contribution in [0.2, 0.25) is 5.02 Å². The first-order chi connectivity index (χ1) is 18.0. The second-order valence-corrected chi connectivity index (χ2v) is 8.98. The highest BCUT2D eigenvalue weighted by Crippen LogP contribution is 2.33. The summed E-state index contributed by atoms with van der Waals surface area (Å²) < 4.78 is 7.56. The number of hydrogen-bond acceptors (Lipinski definition) is 9. The number of ether oxygens (including phenoxy) is 1. The van der Waals surface area contributed by atoms with E-state index in [2.05, 4.69) is 25.2 Å². The molecular formula is C25H27ClN8O3. The number of nitrogens with two attached hydrogens (primary N) is 1. The van der Waals surface area contributed by atoms with E-state index in [1.54, 1.807) is 24.4 Å². The van der Waals surface area contributed by atoms with Crippen LogP contribution in [0.1, 0.15) is 0 Å². The van der Waals surface area contributed by atoms with Crippen molar-refractivity contribution in [3.8, 4) is 17.1 Å². The number of anilines is 3. The number of pyridine rings is 1. The van der Waals surface area contributed by atoms with Gasteiger partial charge in [-0.05, 0) is 24.3 Å². The van der Waals surface area contributed by atoms with Gasteiger partial charge in [0.15, 0.2) is 0 Å². The van der Waals surface area contributed by atoms with Crippen molar-refractivity contribution >= 4 is 40.5 Å². The lowest BCUT2D eigenvalue weighted by molar-refractivity contribution is -0.133. The molecule has 0 bridgehead atoms. The van der Waals surface area contributed by atoms with E-state index in [4.69, 9.17) is 27.2 Å². The normalized spacial score (nSPS) is 14.6. The number of aromatic nitrogens is 4. The second-order valence-electron chi connectivity index (χ2n) is 8.57. The molecule has 1 saturated heterocycles. The molecule has 0 aliphatic carbocycles. The van der Waals surface area contributed by atoms with Crippen LogP contribution in [0, 0.1) is 0 Å². The summed E-state index contributed by atoms with van der Waals surface area (Å²) >= 11 is 6.44. The summed E-state index contributed by atoms with van der Waals surface area (Å²) in [6.45, 7) is 1.98. The largest absolute Gasteiger partial charge is 0.494 e. The van der Waals surface area contributed by atoms with Crippen molar-refractivity contribution in [1.29, 1.82) is 0 Å². The molecule has 11 nitrogen and oxygen atoms in total. The van der Waals surface area contributed by atoms with Gasteiger partial charge in [-0.15, -0.1) is 0 Å². The Hall–Kier alpha value is -3.93. The van der Waals surface area contributed by atoms with Crippen LogP contribution in [0.3, 0.4) is 0 Å². The number of nitrogens with one attached hydrogen (secondary N) is 1. The van der Waals surface area contributed by atoms with Crippen LogP contribution in [0.5, 0.6) is 5.75 Å². The van der Waals surface area contributed by atoms with E-state index < -0.39 is 6.04 Å². The van der Waals surface area contributed by atoms with Gasteiger partial charge in [0.2, 0.25) is 11.9 Å². The smallest absolute Gasteiger partial charge is 0.241 e. The number of aliphatic hydroxyl groups is 1. The number of carbonyl (C=O) groups excluding carboxylic acids is 1. The summed E-state index contributed by atoms with van der Waals surface area (Å²) in [6, 6.07) is 10.7. The maximum atomic E-state index is 12.2. The summed E-state index contributed by atoms with van der Waals surface area (Å²) in [4.78, 5) is 29.5. The van der Waals surface area contributed by atoms with Crippen LogP contribution in [-0.4, -0.2) is 81.2 Å². The standard InChI is InChI=1S/C25H27ClN8O3/c1-37-21-12-16(32-8-10-33(11-9-32)24(36)18(27)15-35)5-6-19(21)30-25-29-13-17(26)23(31-25)20-14-28-22-4-2-3-7-34(20)22/h2-7,12-14,18,35H,8-11,15,27H2,1H3,(H,29,30,31)/t18-/m0/s1. The number of imidazole rings is 1. The molecule has 4 aromatic rings. The third-order valence-corrected chi connectivity index (χ3v) is 6.58. The fourth-order valence-corrected chi connectivity index (χ4v) is 4.50. The molecule has 192 valence electrons. The minimum atomic E-state index is -0.875. The molecule has 0 spiro atoms. The monoisotopic (exact) mass is 522 g/mol. The molecule has 0 saturated carbocycles. The van der Waals surface area contributed by atoms with E-state index in [0.29, 0.717) is 54.3 Å². The number of methoxy groups -OCH3 is 1. The predicted octanol–water partition coefficient (Wildman–Crippen LogP) is 2.17. The Morgan fingerprint density at radius 2 is 2.00 bits per heavy atom. The van der Waals surface area contributed by atoms with E-state index in [1.165, 1.54) is 0 Å². The number of rotatable bonds is 7. The first-order valence-corrected chi connectivity index (χ1v) is 12.2. The number of halogens is 1. The van der Waals surface area contributed by atoms with Crippen molar-refractivity contribution in [2.75, 3.05) is 50.1 Å². The SMILES string of the molecule is COc1cc(N2CCN(C(=O)[C@@H](N)CO)CC2)ccc1Nc1ncc(Cl)c(-c2cnc3ccccn23)n1. The molecule has 1 amide bonds. The van der Waals surface area contributed by atoms with Crippen molar-refractivity contribution in [2.45, 2.75) is 6.04 Å². The number of benzene rings is 1. The zero-order chi connectivity index (χ0) is 25.9. The van der Waals surface area contributed by atoms with Gasteiger partial charge < -0.3 is 30.7 Å². The van der Waals surface area contributed by atoms with Gasteiger partial charge >= 0.3 is 0 Å². The van der Waals surface area contributed by atoms with Gasteiger partial charge in [0.1, 0.15) is 23.1 Å². The van der Waals surface area contributed by atoms with E-state index in [-0.39, 0.29) is 12.5 Å². The highest BCUT2D eigenvalue weighted by atomic mass is 35.5. The first-order valence-electron chi connectivity index (χ1n) is 11.8. The third-order valence-electron chi connectivity index (χ3n) is 6.31. The Kier molecular flexibility index (Phi) is 7.08. The van der Waals surface area contributed by atoms with Crippen LogP contribution in [0.4, 0.5) is 17.3 Å². The predicted molar refractivity (Wildman–Crippen MR) is 141 cm³/mol. The maximum Gasteiger partial charge on any atom is 0.241 e. The lowest BCUT2D eigenvalue weighted by Gasteiger charge is -2.37. The van der Waals surface area contributed by atoms with Crippen LogP contribution < -0.4 is 20.7 Å². The van der Waals surface area contributed by atoms with E-state index in [9.17, 15) is 4.79 Å². The molecule has 4 N–H and O–H groups in total. The second kappa shape index (κ2) is 10.6.